The van der Waals surface area contributed by atoms with Crippen molar-refractivity contribution in [3.05, 3.63) is 30.1 Å². The number of carbonyl (C=O) groups is 1. The van der Waals surface area contributed by atoms with Crippen LogP contribution in [0.1, 0.15) is 31.2 Å². The highest BCUT2D eigenvalue weighted by Gasteiger charge is 2.42. The van der Waals surface area contributed by atoms with E-state index in [0.717, 1.165) is 42.3 Å². The fourth-order valence-corrected chi connectivity index (χ4v) is 3.04. The van der Waals surface area contributed by atoms with E-state index in [1.165, 1.54) is 0 Å². The maximum Gasteiger partial charge on any atom is 0.314 e. The summed E-state index contributed by atoms with van der Waals surface area (Å²) >= 11 is 0. The predicted octanol–water partition coefficient (Wildman–Crippen LogP) is 2.47. The summed E-state index contributed by atoms with van der Waals surface area (Å²) in [7, 11) is 1.94. The summed E-state index contributed by atoms with van der Waals surface area (Å²) in [5.74, 6) is -0.699. The highest BCUT2D eigenvalue weighted by molar-refractivity contribution is 5.85. The summed E-state index contributed by atoms with van der Waals surface area (Å²) in [6.45, 7) is 0. The molecule has 1 fully saturated rings. The minimum atomic E-state index is -0.699. The topological polar surface area (TPSA) is 55.1 Å². The molecule has 0 radical (unpaired) electrons. The smallest absolute Gasteiger partial charge is 0.314 e. The van der Waals surface area contributed by atoms with Crippen molar-refractivity contribution in [3.63, 3.8) is 0 Å². The number of benzene rings is 1. The van der Waals surface area contributed by atoms with Gasteiger partial charge in [-0.05, 0) is 30.5 Å². The van der Waals surface area contributed by atoms with Crippen molar-refractivity contribution >= 4 is 17.0 Å². The first kappa shape index (κ1) is 11.3. The Labute approximate surface area is 105 Å². The number of hydrogen-bond donors (Lipinski definition) is 1. The van der Waals surface area contributed by atoms with E-state index in [4.69, 9.17) is 0 Å². The number of carboxylic acid groups (broad SMARTS) is 1. The van der Waals surface area contributed by atoms with Crippen LogP contribution in [0.5, 0.6) is 0 Å². The minimum absolute atomic E-state index is 0.689. The summed E-state index contributed by atoms with van der Waals surface area (Å²) in [4.78, 5) is 16.0. The van der Waals surface area contributed by atoms with Gasteiger partial charge in [0.15, 0.2) is 0 Å². The Balaban J connectivity index is 2.15. The van der Waals surface area contributed by atoms with Crippen LogP contribution in [0.2, 0.25) is 0 Å². The van der Waals surface area contributed by atoms with E-state index in [9.17, 15) is 9.90 Å². The van der Waals surface area contributed by atoms with E-state index in [1.807, 2.05) is 29.8 Å². The van der Waals surface area contributed by atoms with E-state index in [2.05, 4.69) is 4.98 Å². The first-order chi connectivity index (χ1) is 8.63. The van der Waals surface area contributed by atoms with Crippen LogP contribution in [0.15, 0.2) is 24.5 Å². The third kappa shape index (κ3) is 1.45. The number of fused-ring (bicyclic) bond motifs is 1. The number of nitrogens with zero attached hydrogens (tertiary/aromatic N) is 2. The molecule has 4 nitrogen and oxygen atoms in total. The standard InChI is InChI=1S/C14H16N2O2/c1-16-9-15-11-8-10(4-5-12(11)16)14(13(17)18)6-2-3-7-14/h4-5,8-9H,2-3,6-7H2,1H3,(H,17,18). The molecule has 1 aliphatic carbocycles. The minimum Gasteiger partial charge on any atom is -0.481 e. The highest BCUT2D eigenvalue weighted by Crippen LogP contribution is 2.42. The third-order valence-electron chi connectivity index (χ3n) is 4.14. The van der Waals surface area contributed by atoms with Crippen LogP contribution in [0.4, 0.5) is 0 Å². The van der Waals surface area contributed by atoms with E-state index >= 15 is 0 Å². The second-order valence-electron chi connectivity index (χ2n) is 5.15. The Morgan fingerprint density at radius 2 is 2.11 bits per heavy atom. The third-order valence-corrected chi connectivity index (χ3v) is 4.14. The molecule has 1 aliphatic rings. The fourth-order valence-electron chi connectivity index (χ4n) is 3.04. The normalized spacial score (nSPS) is 18.3. The van der Waals surface area contributed by atoms with Crippen molar-refractivity contribution in [1.29, 1.82) is 0 Å². The summed E-state index contributed by atoms with van der Waals surface area (Å²) in [5, 5.41) is 9.57. The quantitative estimate of drug-likeness (QED) is 0.882. The number of aliphatic carboxylic acids is 1. The van der Waals surface area contributed by atoms with Crippen LogP contribution in [0.25, 0.3) is 11.0 Å². The Morgan fingerprint density at radius 1 is 1.39 bits per heavy atom. The summed E-state index contributed by atoms with van der Waals surface area (Å²) in [6.07, 6.45) is 5.22. The molecule has 1 saturated carbocycles. The van der Waals surface area contributed by atoms with E-state index in [1.54, 1.807) is 6.33 Å². The molecule has 0 aliphatic heterocycles. The van der Waals surface area contributed by atoms with Gasteiger partial charge in [-0.15, -0.1) is 0 Å². The first-order valence-electron chi connectivity index (χ1n) is 6.28. The maximum absolute atomic E-state index is 11.6. The molecule has 0 saturated heterocycles. The Morgan fingerprint density at radius 3 is 2.78 bits per heavy atom. The average Bonchev–Trinajstić information content (AvgIpc) is 2.97. The molecule has 0 atom stereocenters. The zero-order chi connectivity index (χ0) is 12.8. The second kappa shape index (κ2) is 3.83. The van der Waals surface area contributed by atoms with Gasteiger partial charge in [-0.2, -0.15) is 0 Å². The fraction of sp³-hybridized carbons (Fsp3) is 0.429. The van der Waals surface area contributed by atoms with Crippen molar-refractivity contribution in [2.45, 2.75) is 31.1 Å². The number of aromatic nitrogens is 2. The van der Waals surface area contributed by atoms with Crippen LogP contribution < -0.4 is 0 Å². The molecule has 94 valence electrons. The SMILES string of the molecule is Cn1cnc2cc(C3(C(=O)O)CCCC3)ccc21. The summed E-state index contributed by atoms with van der Waals surface area (Å²) in [6, 6.07) is 5.86. The Kier molecular flexibility index (Phi) is 2.40. The van der Waals surface area contributed by atoms with Gasteiger partial charge in [-0.1, -0.05) is 18.9 Å². The molecule has 1 aromatic carbocycles. The molecule has 1 N–H and O–H groups in total. The molecule has 0 unspecified atom stereocenters. The molecule has 0 bridgehead atoms. The van der Waals surface area contributed by atoms with Crippen molar-refractivity contribution in [1.82, 2.24) is 9.55 Å². The van der Waals surface area contributed by atoms with E-state index in [0.29, 0.717) is 0 Å². The average molecular weight is 244 g/mol. The molecule has 18 heavy (non-hydrogen) atoms. The van der Waals surface area contributed by atoms with Crippen LogP contribution in [-0.2, 0) is 17.3 Å². The van der Waals surface area contributed by atoms with Crippen molar-refractivity contribution < 1.29 is 9.90 Å². The Hall–Kier alpha value is -1.84. The van der Waals surface area contributed by atoms with E-state index in [-0.39, 0.29) is 0 Å². The number of imidazole rings is 1. The van der Waals surface area contributed by atoms with Gasteiger partial charge in [0.05, 0.1) is 22.8 Å². The van der Waals surface area contributed by atoms with Crippen molar-refractivity contribution in [3.8, 4) is 0 Å². The highest BCUT2D eigenvalue weighted by atomic mass is 16.4. The van der Waals surface area contributed by atoms with Crippen LogP contribution in [0.3, 0.4) is 0 Å². The summed E-state index contributed by atoms with van der Waals surface area (Å²) < 4.78 is 1.95. The first-order valence-corrected chi connectivity index (χ1v) is 6.28. The van der Waals surface area contributed by atoms with Gasteiger partial charge >= 0.3 is 5.97 Å². The molecule has 1 aromatic heterocycles. The molecule has 0 spiro atoms. The van der Waals surface area contributed by atoms with Gasteiger partial charge < -0.3 is 9.67 Å². The molecular formula is C14H16N2O2. The van der Waals surface area contributed by atoms with Crippen molar-refractivity contribution in [2.24, 2.45) is 7.05 Å². The second-order valence-corrected chi connectivity index (χ2v) is 5.15. The van der Waals surface area contributed by atoms with Crippen molar-refractivity contribution in [2.75, 3.05) is 0 Å². The van der Waals surface area contributed by atoms with Gasteiger partial charge in [-0.3, -0.25) is 4.79 Å². The van der Waals surface area contributed by atoms with Crippen LogP contribution in [-0.4, -0.2) is 20.6 Å². The molecule has 4 heteroatoms. The lowest BCUT2D eigenvalue weighted by Crippen LogP contribution is -2.32. The number of hydrogen-bond acceptors (Lipinski definition) is 2. The molecule has 1 heterocycles. The number of aryl methyl sites for hydroxylation is 1. The molecule has 3 rings (SSSR count). The lowest BCUT2D eigenvalue weighted by atomic mass is 9.79. The lowest BCUT2D eigenvalue weighted by molar-refractivity contribution is -0.143. The molecule has 2 aromatic rings. The van der Waals surface area contributed by atoms with Crippen LogP contribution in [0, 0.1) is 0 Å². The predicted molar refractivity (Wildman–Crippen MR) is 68.5 cm³/mol. The lowest BCUT2D eigenvalue weighted by Gasteiger charge is -2.24. The zero-order valence-corrected chi connectivity index (χ0v) is 10.4. The maximum atomic E-state index is 11.6. The van der Waals surface area contributed by atoms with Gasteiger partial charge in [0.2, 0.25) is 0 Å². The van der Waals surface area contributed by atoms with Gasteiger partial charge in [0.1, 0.15) is 0 Å². The zero-order valence-electron chi connectivity index (χ0n) is 10.4. The van der Waals surface area contributed by atoms with E-state index < -0.39 is 11.4 Å². The Bertz CT molecular complexity index is 609. The van der Waals surface area contributed by atoms with Crippen LogP contribution >= 0.6 is 0 Å². The number of carboxylic acids is 1. The molecular weight excluding hydrogens is 228 g/mol. The number of rotatable bonds is 2. The van der Waals surface area contributed by atoms with Gasteiger partial charge in [0, 0.05) is 7.05 Å². The van der Waals surface area contributed by atoms with Gasteiger partial charge in [0.25, 0.3) is 0 Å². The monoisotopic (exact) mass is 244 g/mol. The van der Waals surface area contributed by atoms with Gasteiger partial charge in [-0.25, -0.2) is 4.98 Å². The largest absolute Gasteiger partial charge is 0.481 e. The summed E-state index contributed by atoms with van der Waals surface area (Å²) in [5.41, 5.74) is 2.13. The molecule has 0 amide bonds.